The molecule has 4 rings (SSSR count). The Morgan fingerprint density at radius 2 is 2.09 bits per heavy atom. The van der Waals surface area contributed by atoms with Gasteiger partial charge in [0, 0.05) is 12.5 Å². The van der Waals surface area contributed by atoms with Gasteiger partial charge in [-0.25, -0.2) is 4.98 Å². The molecule has 0 atom stereocenters. The third-order valence-corrected chi connectivity index (χ3v) is 3.87. The standard InChI is InChI=1S/C17H13N5O/c1-2-23-15-8-14-16(12-6-4-3-5-11(15)7-12)20-21-17-13(9-18)19-10-22(14)17/h3-6,8,10H,2,7H2,1H3. The van der Waals surface area contributed by atoms with Crippen LogP contribution in [0.2, 0.25) is 0 Å². The summed E-state index contributed by atoms with van der Waals surface area (Å²) in [6.07, 6.45) is 12.4. The number of fused-ring (bicyclic) bond motifs is 6. The van der Waals surface area contributed by atoms with Crippen molar-refractivity contribution in [3.63, 3.8) is 0 Å². The number of nitriles is 1. The molecule has 2 aliphatic rings. The first-order valence-corrected chi connectivity index (χ1v) is 7.37. The Bertz CT molecular complexity index is 969. The summed E-state index contributed by atoms with van der Waals surface area (Å²) in [5.74, 6) is 0.810. The molecule has 2 aliphatic carbocycles. The highest BCUT2D eigenvalue weighted by Crippen LogP contribution is 2.35. The van der Waals surface area contributed by atoms with Crippen molar-refractivity contribution >= 4 is 17.3 Å². The first kappa shape index (κ1) is 13.5. The fourth-order valence-electron chi connectivity index (χ4n) is 2.83. The topological polar surface area (TPSA) is 76.1 Å². The highest BCUT2D eigenvalue weighted by Gasteiger charge is 2.23. The summed E-state index contributed by atoms with van der Waals surface area (Å²) in [6, 6.07) is 2.04. The van der Waals surface area contributed by atoms with Crippen molar-refractivity contribution in [1.82, 2.24) is 19.6 Å². The Labute approximate surface area is 132 Å². The van der Waals surface area contributed by atoms with Gasteiger partial charge in [-0.2, -0.15) is 5.26 Å². The van der Waals surface area contributed by atoms with E-state index >= 15 is 0 Å². The molecule has 6 heteroatoms. The Kier molecular flexibility index (Phi) is 3.05. The molecule has 6 nitrogen and oxygen atoms in total. The number of aromatic nitrogens is 4. The Hall–Kier alpha value is -3.20. The molecule has 0 spiro atoms. The van der Waals surface area contributed by atoms with Crippen LogP contribution in [0, 0.1) is 11.3 Å². The molecule has 2 aromatic rings. The summed E-state index contributed by atoms with van der Waals surface area (Å²) in [4.78, 5) is 4.11. The minimum atomic E-state index is 0.268. The SMILES string of the molecule is CCOC1=Cc2c(nnc3c(C#N)ncn23)C2=CC=CC=C1C2. The number of hydrogen-bond donors (Lipinski definition) is 0. The average molecular weight is 303 g/mol. The predicted octanol–water partition coefficient (Wildman–Crippen LogP) is 2.66. The minimum Gasteiger partial charge on any atom is -0.494 e. The van der Waals surface area contributed by atoms with Crippen LogP contribution in [0.1, 0.15) is 30.4 Å². The first-order valence-electron chi connectivity index (χ1n) is 7.37. The predicted molar refractivity (Wildman–Crippen MR) is 84.9 cm³/mol. The third kappa shape index (κ3) is 2.06. The smallest absolute Gasteiger partial charge is 0.197 e. The van der Waals surface area contributed by atoms with Gasteiger partial charge >= 0.3 is 0 Å². The molecular formula is C17H13N5O. The van der Waals surface area contributed by atoms with E-state index in [0.717, 1.165) is 34.7 Å². The fourth-order valence-corrected chi connectivity index (χ4v) is 2.83. The molecule has 2 aromatic heterocycles. The Balaban J connectivity index is 2.06. The van der Waals surface area contributed by atoms with E-state index in [0.29, 0.717) is 12.3 Å². The molecule has 0 N–H and O–H groups in total. The zero-order valence-corrected chi connectivity index (χ0v) is 12.5. The van der Waals surface area contributed by atoms with Crippen LogP contribution in [-0.4, -0.2) is 26.2 Å². The van der Waals surface area contributed by atoms with Crippen LogP contribution in [0.5, 0.6) is 0 Å². The Morgan fingerprint density at radius 3 is 2.87 bits per heavy atom. The summed E-state index contributed by atoms with van der Waals surface area (Å²) >= 11 is 0. The van der Waals surface area contributed by atoms with Gasteiger partial charge in [0.15, 0.2) is 11.3 Å². The summed E-state index contributed by atoms with van der Waals surface area (Å²) in [6.45, 7) is 2.54. The van der Waals surface area contributed by atoms with Gasteiger partial charge in [-0.05, 0) is 18.1 Å². The maximum absolute atomic E-state index is 9.14. The van der Waals surface area contributed by atoms with Gasteiger partial charge in [0.2, 0.25) is 0 Å². The summed E-state index contributed by atoms with van der Waals surface area (Å²) in [5.41, 5.74) is 4.50. The second kappa shape index (κ2) is 5.21. The van der Waals surface area contributed by atoms with Crippen LogP contribution in [-0.2, 0) is 4.74 Å². The zero-order chi connectivity index (χ0) is 15.8. The van der Waals surface area contributed by atoms with Crippen molar-refractivity contribution in [2.45, 2.75) is 13.3 Å². The monoisotopic (exact) mass is 303 g/mol. The molecule has 0 saturated heterocycles. The highest BCUT2D eigenvalue weighted by molar-refractivity contribution is 5.79. The van der Waals surface area contributed by atoms with Crippen molar-refractivity contribution in [1.29, 1.82) is 5.26 Å². The van der Waals surface area contributed by atoms with Crippen LogP contribution >= 0.6 is 0 Å². The van der Waals surface area contributed by atoms with Crippen LogP contribution in [0.3, 0.4) is 0 Å². The van der Waals surface area contributed by atoms with E-state index in [9.17, 15) is 0 Å². The van der Waals surface area contributed by atoms with Crippen LogP contribution in [0.25, 0.3) is 17.3 Å². The van der Waals surface area contributed by atoms with Gasteiger partial charge in [-0.3, -0.25) is 4.40 Å². The minimum absolute atomic E-state index is 0.268. The van der Waals surface area contributed by atoms with Crippen LogP contribution in [0.15, 0.2) is 42.0 Å². The fraction of sp³-hybridized carbons (Fsp3) is 0.176. The first-order chi connectivity index (χ1) is 11.3. The normalized spacial score (nSPS) is 15.7. The van der Waals surface area contributed by atoms with Gasteiger partial charge in [0.1, 0.15) is 23.8 Å². The van der Waals surface area contributed by atoms with Crippen LogP contribution in [0.4, 0.5) is 0 Å². The number of imidazole rings is 1. The Morgan fingerprint density at radius 1 is 1.26 bits per heavy atom. The second-order valence-electron chi connectivity index (χ2n) is 5.22. The third-order valence-electron chi connectivity index (χ3n) is 3.87. The molecule has 0 saturated carbocycles. The van der Waals surface area contributed by atoms with E-state index in [-0.39, 0.29) is 5.69 Å². The lowest BCUT2D eigenvalue weighted by atomic mass is 10.0. The number of allylic oxidation sites excluding steroid dienone is 6. The van der Waals surface area contributed by atoms with Gasteiger partial charge in [-0.1, -0.05) is 24.3 Å². The maximum Gasteiger partial charge on any atom is 0.197 e. The lowest BCUT2D eigenvalue weighted by molar-refractivity contribution is 0.240. The quantitative estimate of drug-likeness (QED) is 0.852. The lowest BCUT2D eigenvalue weighted by Gasteiger charge is -2.10. The molecule has 0 aromatic carbocycles. The van der Waals surface area contributed by atoms with E-state index in [2.05, 4.69) is 21.3 Å². The van der Waals surface area contributed by atoms with E-state index in [4.69, 9.17) is 10.00 Å². The molecule has 2 bridgehead atoms. The number of hydrogen-bond acceptors (Lipinski definition) is 5. The van der Waals surface area contributed by atoms with E-state index in [1.165, 1.54) is 0 Å². The van der Waals surface area contributed by atoms with Crippen molar-refractivity contribution in [2.75, 3.05) is 6.61 Å². The van der Waals surface area contributed by atoms with Crippen LogP contribution < -0.4 is 0 Å². The molecular weight excluding hydrogens is 290 g/mol. The zero-order valence-electron chi connectivity index (χ0n) is 12.5. The average Bonchev–Trinajstić information content (AvgIpc) is 2.75. The van der Waals surface area contributed by atoms with Crippen molar-refractivity contribution < 1.29 is 4.74 Å². The summed E-state index contributed by atoms with van der Waals surface area (Å²) in [5, 5.41) is 17.7. The van der Waals surface area contributed by atoms with Crippen molar-refractivity contribution in [2.24, 2.45) is 0 Å². The molecule has 0 aliphatic heterocycles. The van der Waals surface area contributed by atoms with Gasteiger partial charge in [-0.15, -0.1) is 10.2 Å². The van der Waals surface area contributed by atoms with Gasteiger partial charge < -0.3 is 4.74 Å². The van der Waals surface area contributed by atoms with E-state index < -0.39 is 0 Å². The second-order valence-corrected chi connectivity index (χ2v) is 5.22. The van der Waals surface area contributed by atoms with Gasteiger partial charge in [0.05, 0.1) is 12.3 Å². The molecule has 0 radical (unpaired) electrons. The van der Waals surface area contributed by atoms with E-state index in [1.54, 1.807) is 10.7 Å². The summed E-state index contributed by atoms with van der Waals surface area (Å²) in [7, 11) is 0. The molecule has 0 unspecified atom stereocenters. The molecule has 112 valence electrons. The summed E-state index contributed by atoms with van der Waals surface area (Å²) < 4.78 is 7.62. The van der Waals surface area contributed by atoms with Crippen molar-refractivity contribution in [3.8, 4) is 6.07 Å². The largest absolute Gasteiger partial charge is 0.494 e. The number of rotatable bonds is 2. The van der Waals surface area contributed by atoms with Gasteiger partial charge in [0.25, 0.3) is 0 Å². The molecule has 23 heavy (non-hydrogen) atoms. The van der Waals surface area contributed by atoms with E-state index in [1.807, 2.05) is 37.3 Å². The number of ether oxygens (including phenoxy) is 1. The molecule has 0 fully saturated rings. The molecule has 2 heterocycles. The lowest BCUT2D eigenvalue weighted by Crippen LogP contribution is -2.03. The molecule has 0 amide bonds. The highest BCUT2D eigenvalue weighted by atomic mass is 16.5. The van der Waals surface area contributed by atoms with Crippen molar-refractivity contribution in [3.05, 3.63) is 59.0 Å². The maximum atomic E-state index is 9.14. The number of nitrogens with zero attached hydrogens (tertiary/aromatic N) is 5.